The van der Waals surface area contributed by atoms with Gasteiger partial charge < -0.3 is 0 Å². The molecule has 2 unspecified atom stereocenters. The Morgan fingerprint density at radius 3 is 1.78 bits per heavy atom. The zero-order valence-electron chi connectivity index (χ0n) is 6.70. The summed E-state index contributed by atoms with van der Waals surface area (Å²) < 4.78 is 0. The molecular formula is C9H16. The SMILES string of the molecule is CC1CC1(C)C1(C)CC1. The van der Waals surface area contributed by atoms with Gasteiger partial charge in [0.15, 0.2) is 0 Å². The van der Waals surface area contributed by atoms with Crippen molar-refractivity contribution in [3.63, 3.8) is 0 Å². The van der Waals surface area contributed by atoms with Crippen molar-refractivity contribution < 1.29 is 0 Å². The molecule has 0 saturated heterocycles. The molecule has 2 fully saturated rings. The molecule has 0 aliphatic heterocycles. The molecule has 0 aromatic carbocycles. The zero-order valence-corrected chi connectivity index (χ0v) is 6.70. The topological polar surface area (TPSA) is 0 Å². The van der Waals surface area contributed by atoms with Crippen LogP contribution >= 0.6 is 0 Å². The lowest BCUT2D eigenvalue weighted by molar-refractivity contribution is 0.313. The predicted molar refractivity (Wildman–Crippen MR) is 39.2 cm³/mol. The van der Waals surface area contributed by atoms with Crippen molar-refractivity contribution in [2.24, 2.45) is 16.7 Å². The average Bonchev–Trinajstić information content (AvgIpc) is 2.57. The van der Waals surface area contributed by atoms with Crippen LogP contribution in [0.3, 0.4) is 0 Å². The molecule has 0 heteroatoms. The molecule has 2 aliphatic rings. The van der Waals surface area contributed by atoms with Crippen molar-refractivity contribution in [3.8, 4) is 0 Å². The lowest BCUT2D eigenvalue weighted by Gasteiger charge is -2.17. The Labute approximate surface area is 57.6 Å². The van der Waals surface area contributed by atoms with Gasteiger partial charge in [0.25, 0.3) is 0 Å². The first-order valence-electron chi connectivity index (χ1n) is 4.08. The molecule has 2 rings (SSSR count). The first-order valence-corrected chi connectivity index (χ1v) is 4.08. The minimum absolute atomic E-state index is 0.757. The summed E-state index contributed by atoms with van der Waals surface area (Å²) in [5.41, 5.74) is 1.53. The summed E-state index contributed by atoms with van der Waals surface area (Å²) in [5, 5.41) is 0. The fourth-order valence-electron chi connectivity index (χ4n) is 2.18. The minimum atomic E-state index is 0.757. The van der Waals surface area contributed by atoms with E-state index in [9.17, 15) is 0 Å². The molecule has 0 amide bonds. The maximum atomic E-state index is 2.46. The van der Waals surface area contributed by atoms with Crippen LogP contribution in [0.5, 0.6) is 0 Å². The van der Waals surface area contributed by atoms with Crippen LogP contribution in [-0.4, -0.2) is 0 Å². The van der Waals surface area contributed by atoms with E-state index in [-0.39, 0.29) is 0 Å². The van der Waals surface area contributed by atoms with E-state index in [4.69, 9.17) is 0 Å². The summed E-state index contributed by atoms with van der Waals surface area (Å²) in [4.78, 5) is 0. The molecule has 0 aromatic heterocycles. The van der Waals surface area contributed by atoms with Crippen LogP contribution in [0.4, 0.5) is 0 Å². The molecule has 0 bridgehead atoms. The Kier molecular flexibility index (Phi) is 0.774. The zero-order chi connectivity index (χ0) is 6.70. The van der Waals surface area contributed by atoms with Gasteiger partial charge in [0.2, 0.25) is 0 Å². The van der Waals surface area contributed by atoms with Gasteiger partial charge >= 0.3 is 0 Å². The molecule has 0 aromatic rings. The monoisotopic (exact) mass is 124 g/mol. The highest BCUT2D eigenvalue weighted by atomic mass is 14.7. The summed E-state index contributed by atoms with van der Waals surface area (Å²) in [6.07, 6.45) is 4.48. The van der Waals surface area contributed by atoms with Crippen molar-refractivity contribution in [2.75, 3.05) is 0 Å². The molecule has 9 heavy (non-hydrogen) atoms. The van der Waals surface area contributed by atoms with E-state index in [2.05, 4.69) is 20.8 Å². The Bertz CT molecular complexity index is 144. The van der Waals surface area contributed by atoms with Crippen LogP contribution in [0.15, 0.2) is 0 Å². The van der Waals surface area contributed by atoms with Crippen LogP contribution in [0, 0.1) is 16.7 Å². The molecule has 52 valence electrons. The Balaban J connectivity index is 2.14. The third kappa shape index (κ3) is 0.544. The van der Waals surface area contributed by atoms with Crippen molar-refractivity contribution >= 4 is 0 Å². The Morgan fingerprint density at radius 1 is 1.22 bits per heavy atom. The van der Waals surface area contributed by atoms with Gasteiger partial charge in [-0.2, -0.15) is 0 Å². The first-order chi connectivity index (χ1) is 4.08. The largest absolute Gasteiger partial charge is 0.0619 e. The van der Waals surface area contributed by atoms with Crippen molar-refractivity contribution in [1.29, 1.82) is 0 Å². The van der Waals surface area contributed by atoms with Crippen molar-refractivity contribution in [3.05, 3.63) is 0 Å². The second kappa shape index (κ2) is 1.21. The lowest BCUT2D eigenvalue weighted by Crippen LogP contribution is -2.10. The Morgan fingerprint density at radius 2 is 1.67 bits per heavy atom. The molecule has 0 radical (unpaired) electrons. The molecule has 2 saturated carbocycles. The molecular weight excluding hydrogens is 108 g/mol. The highest BCUT2D eigenvalue weighted by Gasteiger charge is 2.63. The van der Waals surface area contributed by atoms with Crippen molar-refractivity contribution in [2.45, 2.75) is 40.0 Å². The third-order valence-corrected chi connectivity index (χ3v) is 4.04. The normalized spacial score (nSPS) is 53.0. The molecule has 0 spiro atoms. The maximum Gasteiger partial charge on any atom is -0.0243 e. The average molecular weight is 124 g/mol. The summed E-state index contributed by atoms with van der Waals surface area (Å²) in [7, 11) is 0. The fraction of sp³-hybridized carbons (Fsp3) is 1.00. The summed E-state index contributed by atoms with van der Waals surface area (Å²) in [5.74, 6) is 1.02. The first kappa shape index (κ1) is 5.76. The highest BCUT2D eigenvalue weighted by molar-refractivity contribution is 5.13. The van der Waals surface area contributed by atoms with E-state index < -0.39 is 0 Å². The predicted octanol–water partition coefficient (Wildman–Crippen LogP) is 2.83. The van der Waals surface area contributed by atoms with E-state index in [0.29, 0.717) is 0 Å². The fourth-order valence-corrected chi connectivity index (χ4v) is 2.18. The van der Waals surface area contributed by atoms with E-state index in [0.717, 1.165) is 16.7 Å². The van der Waals surface area contributed by atoms with Crippen molar-refractivity contribution in [1.82, 2.24) is 0 Å². The van der Waals surface area contributed by atoms with Crippen LogP contribution in [0.2, 0.25) is 0 Å². The summed E-state index contributed by atoms with van der Waals surface area (Å²) in [6, 6.07) is 0. The molecule has 2 atom stereocenters. The van der Waals surface area contributed by atoms with E-state index >= 15 is 0 Å². The second-order valence-electron chi connectivity index (χ2n) is 4.58. The molecule has 2 aliphatic carbocycles. The van der Waals surface area contributed by atoms with Crippen LogP contribution in [-0.2, 0) is 0 Å². The minimum Gasteiger partial charge on any atom is -0.0619 e. The van der Waals surface area contributed by atoms with Gasteiger partial charge in [-0.05, 0) is 36.0 Å². The molecule has 0 heterocycles. The maximum absolute atomic E-state index is 2.46. The lowest BCUT2D eigenvalue weighted by atomic mass is 9.87. The van der Waals surface area contributed by atoms with Gasteiger partial charge in [-0.3, -0.25) is 0 Å². The van der Waals surface area contributed by atoms with E-state index in [1.54, 1.807) is 0 Å². The summed E-state index contributed by atoms with van der Waals surface area (Å²) in [6.45, 7) is 7.31. The second-order valence-corrected chi connectivity index (χ2v) is 4.58. The standard InChI is InChI=1S/C9H16/c1-7-6-9(7,3)8(2)4-5-8/h7H,4-6H2,1-3H3. The molecule has 0 N–H and O–H groups in total. The highest BCUT2D eigenvalue weighted by Crippen LogP contribution is 2.72. The third-order valence-electron chi connectivity index (χ3n) is 4.04. The van der Waals surface area contributed by atoms with E-state index in [1.807, 2.05) is 0 Å². The smallest absolute Gasteiger partial charge is 0.0243 e. The number of hydrogen-bond acceptors (Lipinski definition) is 0. The number of hydrogen-bond donors (Lipinski definition) is 0. The number of rotatable bonds is 1. The van der Waals surface area contributed by atoms with Crippen LogP contribution in [0.25, 0.3) is 0 Å². The van der Waals surface area contributed by atoms with Gasteiger partial charge in [-0.15, -0.1) is 0 Å². The van der Waals surface area contributed by atoms with Crippen LogP contribution in [0.1, 0.15) is 40.0 Å². The quantitative estimate of drug-likeness (QED) is 0.504. The van der Waals surface area contributed by atoms with E-state index in [1.165, 1.54) is 19.3 Å². The van der Waals surface area contributed by atoms with Gasteiger partial charge in [-0.1, -0.05) is 20.8 Å². The van der Waals surface area contributed by atoms with Gasteiger partial charge in [0, 0.05) is 0 Å². The Hall–Kier alpha value is 0. The van der Waals surface area contributed by atoms with Gasteiger partial charge in [-0.25, -0.2) is 0 Å². The van der Waals surface area contributed by atoms with Gasteiger partial charge in [0.05, 0.1) is 0 Å². The van der Waals surface area contributed by atoms with Gasteiger partial charge in [0.1, 0.15) is 0 Å². The summed E-state index contributed by atoms with van der Waals surface area (Å²) >= 11 is 0. The van der Waals surface area contributed by atoms with Crippen LogP contribution < -0.4 is 0 Å². The molecule has 0 nitrogen and oxygen atoms in total.